The van der Waals surface area contributed by atoms with E-state index in [0.29, 0.717) is 28.0 Å². The first kappa shape index (κ1) is 19.4. The van der Waals surface area contributed by atoms with E-state index < -0.39 is 0 Å². The van der Waals surface area contributed by atoms with Crippen LogP contribution in [0, 0.1) is 11.3 Å². The summed E-state index contributed by atoms with van der Waals surface area (Å²) in [5.41, 5.74) is 3.67. The van der Waals surface area contributed by atoms with Gasteiger partial charge in [0.2, 0.25) is 0 Å². The number of nitrogens with one attached hydrogen (secondary N) is 1. The minimum Gasteiger partial charge on any atom is -0.489 e. The van der Waals surface area contributed by atoms with Gasteiger partial charge in [0, 0.05) is 32.9 Å². The van der Waals surface area contributed by atoms with Crippen LogP contribution >= 0.6 is 23.2 Å². The van der Waals surface area contributed by atoms with Gasteiger partial charge in [-0.25, -0.2) is 4.98 Å². The lowest BCUT2D eigenvalue weighted by atomic mass is 10.0. The Kier molecular flexibility index (Phi) is 5.75. The maximum atomic E-state index is 8.90. The number of nitrogens with zero attached hydrogens (tertiary/aromatic N) is 2. The van der Waals surface area contributed by atoms with Gasteiger partial charge in [-0.1, -0.05) is 29.3 Å². The molecule has 0 fully saturated rings. The number of fused-ring (bicyclic) bond motifs is 1. The number of rotatable bonds is 7. The van der Waals surface area contributed by atoms with Gasteiger partial charge in [0.05, 0.1) is 18.0 Å². The summed E-state index contributed by atoms with van der Waals surface area (Å²) in [6, 6.07) is 13.4. The summed E-state index contributed by atoms with van der Waals surface area (Å²) in [6.45, 7) is 0.271. The van der Waals surface area contributed by atoms with E-state index in [1.165, 1.54) is 6.39 Å². The SMILES string of the molecule is N#CCCCc1c(-c2cnco2)[nH]c2ccc(OCc3c(Cl)cccc3Cl)cc12. The molecule has 2 aromatic carbocycles. The molecule has 0 saturated heterocycles. The monoisotopic (exact) mass is 425 g/mol. The van der Waals surface area contributed by atoms with Gasteiger partial charge in [0.25, 0.3) is 0 Å². The van der Waals surface area contributed by atoms with Crippen LogP contribution in [0.2, 0.25) is 10.0 Å². The highest BCUT2D eigenvalue weighted by atomic mass is 35.5. The fourth-order valence-corrected chi connectivity index (χ4v) is 3.80. The summed E-state index contributed by atoms with van der Waals surface area (Å²) in [5, 5.41) is 11.1. The van der Waals surface area contributed by atoms with E-state index in [0.717, 1.165) is 40.6 Å². The average molecular weight is 426 g/mol. The second-order valence-corrected chi connectivity index (χ2v) is 7.37. The summed E-state index contributed by atoms with van der Waals surface area (Å²) in [6.07, 6.45) is 5.06. The van der Waals surface area contributed by atoms with E-state index in [4.69, 9.17) is 37.6 Å². The highest BCUT2D eigenvalue weighted by Crippen LogP contribution is 2.34. The van der Waals surface area contributed by atoms with Crippen LogP contribution in [0.25, 0.3) is 22.4 Å². The molecule has 146 valence electrons. The molecule has 7 heteroatoms. The molecule has 0 saturated carbocycles. The highest BCUT2D eigenvalue weighted by molar-refractivity contribution is 6.35. The summed E-state index contributed by atoms with van der Waals surface area (Å²) in [5.74, 6) is 1.37. The number of benzene rings is 2. The van der Waals surface area contributed by atoms with Crippen LogP contribution in [0.5, 0.6) is 5.75 Å². The van der Waals surface area contributed by atoms with Crippen LogP contribution in [0.15, 0.2) is 53.4 Å². The number of unbranched alkanes of at least 4 members (excludes halogenated alkanes) is 1. The molecule has 29 heavy (non-hydrogen) atoms. The number of aromatic nitrogens is 2. The third kappa shape index (κ3) is 4.09. The largest absolute Gasteiger partial charge is 0.489 e. The van der Waals surface area contributed by atoms with E-state index in [-0.39, 0.29) is 6.61 Å². The Morgan fingerprint density at radius 2 is 1.97 bits per heavy atom. The van der Waals surface area contributed by atoms with Crippen LogP contribution < -0.4 is 4.74 Å². The molecule has 0 unspecified atom stereocenters. The molecule has 0 bridgehead atoms. The van der Waals surface area contributed by atoms with Crippen molar-refractivity contribution in [2.75, 3.05) is 0 Å². The lowest BCUT2D eigenvalue weighted by Gasteiger charge is -2.10. The maximum absolute atomic E-state index is 8.90. The summed E-state index contributed by atoms with van der Waals surface area (Å²) in [7, 11) is 0. The minimum absolute atomic E-state index is 0.271. The quantitative estimate of drug-likeness (QED) is 0.340. The number of hydrogen-bond acceptors (Lipinski definition) is 4. The molecule has 4 aromatic rings. The van der Waals surface area contributed by atoms with Gasteiger partial charge >= 0.3 is 0 Å². The smallest absolute Gasteiger partial charge is 0.181 e. The maximum Gasteiger partial charge on any atom is 0.181 e. The highest BCUT2D eigenvalue weighted by Gasteiger charge is 2.16. The van der Waals surface area contributed by atoms with E-state index in [9.17, 15) is 0 Å². The molecule has 0 aliphatic heterocycles. The number of nitriles is 1. The lowest BCUT2D eigenvalue weighted by molar-refractivity contribution is 0.307. The standard InChI is InChI=1S/C22H17Cl2N3O2/c23-18-5-3-6-19(24)17(18)12-28-14-7-8-20-16(10-14)15(4-1-2-9-25)22(27-20)21-11-26-13-29-21/h3,5-8,10-11,13,27H,1-2,4,12H2. The number of aryl methyl sites for hydroxylation is 1. The van der Waals surface area contributed by atoms with Gasteiger partial charge in [-0.15, -0.1) is 0 Å². The van der Waals surface area contributed by atoms with Crippen molar-refractivity contribution in [1.29, 1.82) is 5.26 Å². The van der Waals surface area contributed by atoms with Crippen molar-refractivity contribution in [2.24, 2.45) is 0 Å². The number of halogens is 2. The molecule has 0 spiro atoms. The molecule has 0 radical (unpaired) electrons. The second-order valence-electron chi connectivity index (χ2n) is 6.55. The van der Waals surface area contributed by atoms with Crippen molar-refractivity contribution in [3.63, 3.8) is 0 Å². The van der Waals surface area contributed by atoms with E-state index in [2.05, 4.69) is 16.0 Å². The van der Waals surface area contributed by atoms with Crippen molar-refractivity contribution in [2.45, 2.75) is 25.9 Å². The predicted molar refractivity (Wildman–Crippen MR) is 113 cm³/mol. The molecule has 0 aliphatic rings. The molecular weight excluding hydrogens is 409 g/mol. The first-order chi connectivity index (χ1) is 14.2. The van der Waals surface area contributed by atoms with Gasteiger partial charge in [-0.05, 0) is 48.7 Å². The molecule has 2 heterocycles. The average Bonchev–Trinajstić information content (AvgIpc) is 3.36. The zero-order chi connectivity index (χ0) is 20.2. The van der Waals surface area contributed by atoms with Gasteiger partial charge in [0.1, 0.15) is 12.4 Å². The number of H-pyrrole nitrogens is 1. The zero-order valence-corrected chi connectivity index (χ0v) is 16.9. The summed E-state index contributed by atoms with van der Waals surface area (Å²) >= 11 is 12.5. The molecule has 0 aliphatic carbocycles. The number of aromatic amines is 1. The molecule has 0 amide bonds. The number of hydrogen-bond donors (Lipinski definition) is 1. The number of ether oxygens (including phenoxy) is 1. The van der Waals surface area contributed by atoms with Crippen molar-refractivity contribution in [3.8, 4) is 23.3 Å². The van der Waals surface area contributed by atoms with E-state index in [1.807, 2.05) is 18.2 Å². The van der Waals surface area contributed by atoms with Crippen molar-refractivity contribution in [3.05, 3.63) is 70.2 Å². The Morgan fingerprint density at radius 3 is 2.69 bits per heavy atom. The second kappa shape index (κ2) is 8.60. The topological polar surface area (TPSA) is 74.8 Å². The third-order valence-corrected chi connectivity index (χ3v) is 5.42. The fourth-order valence-electron chi connectivity index (χ4n) is 3.30. The first-order valence-corrected chi connectivity index (χ1v) is 9.89. The lowest BCUT2D eigenvalue weighted by Crippen LogP contribution is -1.97. The predicted octanol–water partition coefficient (Wildman–Crippen LogP) is 6.55. The first-order valence-electron chi connectivity index (χ1n) is 9.13. The molecular formula is C22H17Cl2N3O2. The molecule has 0 atom stereocenters. The Hall–Kier alpha value is -2.94. The Labute approximate surface area is 177 Å². The van der Waals surface area contributed by atoms with E-state index >= 15 is 0 Å². The molecule has 2 aromatic heterocycles. The Balaban J connectivity index is 1.67. The Morgan fingerprint density at radius 1 is 1.14 bits per heavy atom. The van der Waals surface area contributed by atoms with Crippen LogP contribution in [-0.4, -0.2) is 9.97 Å². The van der Waals surface area contributed by atoms with Gasteiger partial charge in [-0.2, -0.15) is 5.26 Å². The Bertz CT molecular complexity index is 1160. The van der Waals surface area contributed by atoms with Gasteiger partial charge < -0.3 is 14.1 Å². The number of oxazole rings is 1. The van der Waals surface area contributed by atoms with Gasteiger partial charge in [-0.3, -0.25) is 0 Å². The van der Waals surface area contributed by atoms with Crippen LogP contribution in [0.4, 0.5) is 0 Å². The molecule has 1 N–H and O–H groups in total. The van der Waals surface area contributed by atoms with Crippen molar-refractivity contribution >= 4 is 34.1 Å². The van der Waals surface area contributed by atoms with Crippen molar-refractivity contribution in [1.82, 2.24) is 9.97 Å². The third-order valence-electron chi connectivity index (χ3n) is 4.72. The molecule has 5 nitrogen and oxygen atoms in total. The fraction of sp³-hybridized carbons (Fsp3) is 0.182. The van der Waals surface area contributed by atoms with Crippen molar-refractivity contribution < 1.29 is 9.15 Å². The van der Waals surface area contributed by atoms with Crippen LogP contribution in [0.1, 0.15) is 24.0 Å². The zero-order valence-electron chi connectivity index (χ0n) is 15.4. The van der Waals surface area contributed by atoms with E-state index in [1.54, 1.807) is 24.4 Å². The van der Waals surface area contributed by atoms with Crippen LogP contribution in [0.3, 0.4) is 0 Å². The van der Waals surface area contributed by atoms with Gasteiger partial charge in [0.15, 0.2) is 12.2 Å². The summed E-state index contributed by atoms with van der Waals surface area (Å²) in [4.78, 5) is 7.41. The molecule has 4 rings (SSSR count). The summed E-state index contributed by atoms with van der Waals surface area (Å²) < 4.78 is 11.5. The van der Waals surface area contributed by atoms with Crippen LogP contribution in [-0.2, 0) is 13.0 Å². The normalized spacial score (nSPS) is 10.9. The minimum atomic E-state index is 0.271.